The number of anilines is 1. The number of hydrogen-bond acceptors (Lipinski definition) is 8. The summed E-state index contributed by atoms with van der Waals surface area (Å²) in [4.78, 5) is 2.41. The van der Waals surface area contributed by atoms with Crippen LogP contribution in [0.2, 0.25) is 0 Å². The molecule has 3 aliphatic heterocycles. The molecule has 8 heteroatoms. The molecule has 2 N–H and O–H groups in total. The van der Waals surface area contributed by atoms with Crippen molar-refractivity contribution in [1.29, 1.82) is 0 Å². The fraction of sp³-hybridized carbons (Fsp3) is 0.657. The molecule has 0 radical (unpaired) electrons. The van der Waals surface area contributed by atoms with Crippen LogP contribution in [0, 0.1) is 5.41 Å². The topological polar surface area (TPSA) is 73.5 Å². The lowest BCUT2D eigenvalue weighted by Gasteiger charge is -2.41. The Balaban J connectivity index is 1.23. The van der Waals surface area contributed by atoms with Gasteiger partial charge in [0.15, 0.2) is 0 Å². The molecule has 0 aliphatic carbocycles. The standard InChI is InChI=1S/C35H53N3O5/c1-35(2,25-37-28-12-17-41-18-13-28)22-29-21-31(27-7-9-30(40-4)10-8-27)34(23-36-29)43-24-26-6-11-33-32(20-26)38(15-19-42-33)14-5-16-39-3/h6-11,20,28-29,31,34,36-37H,5,12-19,21-25H2,1-4H3/t29-,31-,34+/m1/s1. The van der Waals surface area contributed by atoms with E-state index in [1.807, 2.05) is 0 Å². The number of fused-ring (bicyclic) bond motifs is 1. The Morgan fingerprint density at radius 1 is 1.05 bits per heavy atom. The van der Waals surface area contributed by atoms with Crippen LogP contribution in [-0.4, -0.2) is 85.0 Å². The van der Waals surface area contributed by atoms with E-state index in [9.17, 15) is 0 Å². The van der Waals surface area contributed by atoms with Crippen molar-refractivity contribution in [2.45, 2.75) is 76.7 Å². The fourth-order valence-electron chi connectivity index (χ4n) is 6.80. The summed E-state index contributed by atoms with van der Waals surface area (Å²) in [6.45, 7) is 12.3. The molecular formula is C35H53N3O5. The Kier molecular flexibility index (Phi) is 11.6. The van der Waals surface area contributed by atoms with Crippen molar-refractivity contribution in [3.63, 3.8) is 0 Å². The van der Waals surface area contributed by atoms with Crippen molar-refractivity contribution < 1.29 is 23.7 Å². The minimum atomic E-state index is 0.0817. The number of benzene rings is 2. The molecule has 0 saturated carbocycles. The van der Waals surface area contributed by atoms with Crippen LogP contribution >= 0.6 is 0 Å². The van der Waals surface area contributed by atoms with Gasteiger partial charge < -0.3 is 39.2 Å². The molecule has 3 heterocycles. The third-order valence-electron chi connectivity index (χ3n) is 9.25. The summed E-state index contributed by atoms with van der Waals surface area (Å²) >= 11 is 0. The minimum Gasteiger partial charge on any atom is -0.497 e. The van der Waals surface area contributed by atoms with Gasteiger partial charge in [0.2, 0.25) is 0 Å². The monoisotopic (exact) mass is 595 g/mol. The number of methoxy groups -OCH3 is 2. The highest BCUT2D eigenvalue weighted by atomic mass is 16.5. The second kappa shape index (κ2) is 15.6. The van der Waals surface area contributed by atoms with E-state index in [2.05, 4.69) is 71.8 Å². The fourth-order valence-corrected chi connectivity index (χ4v) is 6.80. The predicted octanol–water partition coefficient (Wildman–Crippen LogP) is 5.15. The molecule has 2 fully saturated rings. The molecule has 2 saturated heterocycles. The van der Waals surface area contributed by atoms with Crippen molar-refractivity contribution in [1.82, 2.24) is 10.6 Å². The number of rotatable bonds is 14. The molecule has 0 bridgehead atoms. The van der Waals surface area contributed by atoms with Gasteiger partial charge >= 0.3 is 0 Å². The van der Waals surface area contributed by atoms with Gasteiger partial charge in [-0.25, -0.2) is 0 Å². The van der Waals surface area contributed by atoms with Crippen LogP contribution in [-0.2, 0) is 20.8 Å². The minimum absolute atomic E-state index is 0.0817. The molecule has 3 aliphatic rings. The highest BCUT2D eigenvalue weighted by Crippen LogP contribution is 2.37. The van der Waals surface area contributed by atoms with Gasteiger partial charge in [0.1, 0.15) is 18.1 Å². The second-order valence-electron chi connectivity index (χ2n) is 13.2. The third-order valence-corrected chi connectivity index (χ3v) is 9.25. The van der Waals surface area contributed by atoms with Crippen LogP contribution in [0.4, 0.5) is 5.69 Å². The van der Waals surface area contributed by atoms with E-state index >= 15 is 0 Å². The number of piperidine rings is 1. The summed E-state index contributed by atoms with van der Waals surface area (Å²) < 4.78 is 29.0. The average Bonchev–Trinajstić information content (AvgIpc) is 3.04. The summed E-state index contributed by atoms with van der Waals surface area (Å²) in [5, 5.41) is 7.70. The van der Waals surface area contributed by atoms with Gasteiger partial charge in [-0.2, -0.15) is 0 Å². The first-order valence-corrected chi connectivity index (χ1v) is 16.2. The Labute approximate surface area is 258 Å². The van der Waals surface area contributed by atoms with E-state index in [4.69, 9.17) is 23.7 Å². The molecule has 238 valence electrons. The van der Waals surface area contributed by atoms with Crippen molar-refractivity contribution in [2.24, 2.45) is 5.41 Å². The van der Waals surface area contributed by atoms with Gasteiger partial charge in [0.05, 0.1) is 32.1 Å². The molecule has 0 aromatic heterocycles. The van der Waals surface area contributed by atoms with E-state index in [1.165, 1.54) is 11.1 Å². The smallest absolute Gasteiger partial charge is 0.142 e. The van der Waals surface area contributed by atoms with Crippen LogP contribution in [0.5, 0.6) is 11.5 Å². The second-order valence-corrected chi connectivity index (χ2v) is 13.2. The zero-order chi connectivity index (χ0) is 30.1. The molecule has 0 amide bonds. The Hall–Kier alpha value is -2.36. The van der Waals surface area contributed by atoms with E-state index in [-0.39, 0.29) is 11.5 Å². The van der Waals surface area contributed by atoms with Gasteiger partial charge in [0, 0.05) is 64.6 Å². The molecule has 3 atom stereocenters. The molecule has 0 unspecified atom stereocenters. The van der Waals surface area contributed by atoms with Crippen LogP contribution in [0.15, 0.2) is 42.5 Å². The van der Waals surface area contributed by atoms with Gasteiger partial charge in [0.25, 0.3) is 0 Å². The largest absolute Gasteiger partial charge is 0.497 e. The first-order valence-electron chi connectivity index (χ1n) is 16.2. The Bertz CT molecular complexity index is 1120. The Morgan fingerprint density at radius 2 is 1.86 bits per heavy atom. The molecule has 8 nitrogen and oxygen atoms in total. The van der Waals surface area contributed by atoms with Crippen LogP contribution in [0.25, 0.3) is 0 Å². The molecule has 2 aromatic rings. The van der Waals surface area contributed by atoms with Crippen molar-refractivity contribution in [3.8, 4) is 11.5 Å². The lowest BCUT2D eigenvalue weighted by Crippen LogP contribution is -2.50. The first kappa shape index (κ1) is 32.0. The summed E-state index contributed by atoms with van der Waals surface area (Å²) in [6.07, 6.45) is 5.46. The summed E-state index contributed by atoms with van der Waals surface area (Å²) in [5.41, 5.74) is 3.85. The van der Waals surface area contributed by atoms with Crippen LogP contribution in [0.3, 0.4) is 0 Å². The highest BCUT2D eigenvalue weighted by molar-refractivity contribution is 5.61. The maximum Gasteiger partial charge on any atom is 0.142 e. The number of hydrogen-bond donors (Lipinski definition) is 2. The lowest BCUT2D eigenvalue weighted by molar-refractivity contribution is -0.000741. The summed E-state index contributed by atoms with van der Waals surface area (Å²) in [5.74, 6) is 2.15. The average molecular weight is 596 g/mol. The molecular weight excluding hydrogens is 542 g/mol. The van der Waals surface area contributed by atoms with Gasteiger partial charge in [-0.1, -0.05) is 32.0 Å². The van der Waals surface area contributed by atoms with E-state index in [1.54, 1.807) is 14.2 Å². The maximum atomic E-state index is 6.73. The Morgan fingerprint density at radius 3 is 2.63 bits per heavy atom. The molecule has 0 spiro atoms. The van der Waals surface area contributed by atoms with Gasteiger partial charge in [-0.05, 0) is 72.9 Å². The van der Waals surface area contributed by atoms with Gasteiger partial charge in [-0.15, -0.1) is 0 Å². The summed E-state index contributed by atoms with van der Waals surface area (Å²) in [6, 6.07) is 16.1. The molecule has 2 aromatic carbocycles. The van der Waals surface area contributed by atoms with Crippen molar-refractivity contribution in [2.75, 3.05) is 71.7 Å². The molecule has 43 heavy (non-hydrogen) atoms. The maximum absolute atomic E-state index is 6.73. The van der Waals surface area contributed by atoms with E-state index in [0.29, 0.717) is 24.6 Å². The third kappa shape index (κ3) is 9.08. The zero-order valence-electron chi connectivity index (χ0n) is 26.7. The lowest BCUT2D eigenvalue weighted by atomic mass is 9.77. The SMILES string of the molecule is COCCCN1CCOc2ccc(CO[C@H]3CN[C@@H](CC(C)(C)CNC4CCOCC4)C[C@@H]3c3ccc(OC)cc3)cc21. The normalized spacial score (nSPS) is 23.1. The highest BCUT2D eigenvalue weighted by Gasteiger charge is 2.35. The van der Waals surface area contributed by atoms with Crippen molar-refractivity contribution in [3.05, 3.63) is 53.6 Å². The predicted molar refractivity (Wildman–Crippen MR) is 172 cm³/mol. The van der Waals surface area contributed by atoms with E-state index < -0.39 is 0 Å². The summed E-state index contributed by atoms with van der Waals surface area (Å²) in [7, 11) is 3.48. The number of ether oxygens (including phenoxy) is 5. The van der Waals surface area contributed by atoms with E-state index in [0.717, 1.165) is 102 Å². The first-order chi connectivity index (χ1) is 20.9. The van der Waals surface area contributed by atoms with Crippen LogP contribution < -0.4 is 25.0 Å². The van der Waals surface area contributed by atoms with Gasteiger partial charge in [-0.3, -0.25) is 0 Å². The quantitative estimate of drug-likeness (QED) is 0.291. The zero-order valence-corrected chi connectivity index (χ0v) is 26.7. The number of nitrogens with zero attached hydrogens (tertiary/aromatic N) is 1. The van der Waals surface area contributed by atoms with Crippen LogP contribution in [0.1, 0.15) is 63.0 Å². The molecule has 5 rings (SSSR count). The van der Waals surface area contributed by atoms with Crippen molar-refractivity contribution >= 4 is 5.69 Å². The number of nitrogens with one attached hydrogen (secondary N) is 2.